The molecule has 1 aromatic carbocycles. The summed E-state index contributed by atoms with van der Waals surface area (Å²) < 4.78 is 7.90. The number of β-amino-alcohol motifs (C(OH)–C–C–N with tert-alkyl or cyclic N) is 1. The van der Waals surface area contributed by atoms with Gasteiger partial charge >= 0.3 is 0 Å². The smallest absolute Gasteiger partial charge is 0.270 e. The first-order valence-electron chi connectivity index (χ1n) is 14.5. The van der Waals surface area contributed by atoms with E-state index in [9.17, 15) is 14.7 Å². The highest BCUT2D eigenvalue weighted by Gasteiger charge is 2.23. The molecule has 5 rings (SSSR count). The van der Waals surface area contributed by atoms with Crippen LogP contribution < -0.4 is 15.4 Å². The van der Waals surface area contributed by atoms with Crippen LogP contribution in [0.4, 0.5) is 5.82 Å². The Balaban J connectivity index is 1.08. The molecule has 0 bridgehead atoms. The van der Waals surface area contributed by atoms with Crippen molar-refractivity contribution in [2.45, 2.75) is 58.4 Å². The van der Waals surface area contributed by atoms with Crippen molar-refractivity contribution in [1.29, 1.82) is 0 Å². The molecule has 2 aromatic heterocycles. The van der Waals surface area contributed by atoms with E-state index in [0.717, 1.165) is 49.4 Å². The van der Waals surface area contributed by atoms with Gasteiger partial charge in [-0.25, -0.2) is 9.97 Å². The van der Waals surface area contributed by atoms with E-state index in [0.29, 0.717) is 32.1 Å². The maximum absolute atomic E-state index is 12.8. The minimum Gasteiger partial charge on any atom is -0.487 e. The van der Waals surface area contributed by atoms with Crippen LogP contribution in [-0.2, 0) is 31.4 Å². The van der Waals surface area contributed by atoms with E-state index in [-0.39, 0.29) is 30.1 Å². The molecule has 0 aliphatic carbocycles. The van der Waals surface area contributed by atoms with Crippen LogP contribution in [0.1, 0.15) is 52.6 Å². The summed E-state index contributed by atoms with van der Waals surface area (Å²) in [4.78, 5) is 36.7. The number of aliphatic hydroxyl groups excluding tert-OH is 1. The van der Waals surface area contributed by atoms with Crippen molar-refractivity contribution in [2.75, 3.05) is 38.0 Å². The predicted octanol–water partition coefficient (Wildman–Crippen LogP) is 1.67. The van der Waals surface area contributed by atoms with E-state index >= 15 is 0 Å². The maximum atomic E-state index is 12.8. The third-order valence-corrected chi connectivity index (χ3v) is 8.17. The molecule has 0 saturated carbocycles. The Labute approximate surface area is 246 Å². The number of aryl methyl sites for hydroxylation is 1. The molecular weight excluding hydrogens is 536 g/mol. The van der Waals surface area contributed by atoms with Gasteiger partial charge < -0.3 is 25.4 Å². The van der Waals surface area contributed by atoms with Crippen LogP contribution in [0.15, 0.2) is 36.8 Å². The molecule has 0 unspecified atom stereocenters. The van der Waals surface area contributed by atoms with E-state index in [2.05, 4.69) is 43.6 Å². The normalized spacial score (nSPS) is 16.5. The molecule has 3 N–H and O–H groups in total. The molecule has 2 aliphatic rings. The summed E-state index contributed by atoms with van der Waals surface area (Å²) in [5.74, 6) is 1.19. The average Bonchev–Trinajstić information content (AvgIpc) is 3.40. The molecule has 0 radical (unpaired) electrons. The van der Waals surface area contributed by atoms with Crippen molar-refractivity contribution in [3.05, 3.63) is 64.9 Å². The zero-order valence-electron chi connectivity index (χ0n) is 24.5. The Hall–Kier alpha value is -4.03. The number of aromatic nitrogens is 4. The van der Waals surface area contributed by atoms with Gasteiger partial charge in [0, 0.05) is 71.5 Å². The summed E-state index contributed by atoms with van der Waals surface area (Å²) >= 11 is 0. The third kappa shape index (κ3) is 7.24. The van der Waals surface area contributed by atoms with Crippen molar-refractivity contribution < 1.29 is 19.4 Å². The molecule has 3 aromatic rings. The highest BCUT2D eigenvalue weighted by Crippen LogP contribution is 2.30. The Bertz CT molecular complexity index is 1400. The number of fused-ring (bicyclic) bond motifs is 1. The summed E-state index contributed by atoms with van der Waals surface area (Å²) in [5.41, 5.74) is 4.94. The zero-order chi connectivity index (χ0) is 29.6. The summed E-state index contributed by atoms with van der Waals surface area (Å²) in [6.45, 7) is 7.68. The number of nitrogens with zero attached hydrogens (tertiary/aromatic N) is 6. The van der Waals surface area contributed by atoms with Crippen molar-refractivity contribution in [3.8, 4) is 5.75 Å². The number of rotatable bonds is 10. The van der Waals surface area contributed by atoms with Crippen LogP contribution in [0.25, 0.3) is 0 Å². The quantitative estimate of drug-likeness (QED) is 0.329. The maximum Gasteiger partial charge on any atom is 0.270 e. The van der Waals surface area contributed by atoms with Gasteiger partial charge in [-0.3, -0.25) is 19.2 Å². The molecular formula is C30H40N8O4. The largest absolute Gasteiger partial charge is 0.487 e. The van der Waals surface area contributed by atoms with Gasteiger partial charge in [-0.1, -0.05) is 6.07 Å². The number of aliphatic hydroxyl groups is 1. The van der Waals surface area contributed by atoms with Gasteiger partial charge in [0.1, 0.15) is 30.2 Å². The Kier molecular flexibility index (Phi) is 9.33. The first-order valence-corrected chi connectivity index (χ1v) is 14.5. The molecule has 1 atom stereocenters. The van der Waals surface area contributed by atoms with Crippen LogP contribution in [0.5, 0.6) is 5.75 Å². The van der Waals surface area contributed by atoms with Crippen LogP contribution in [0.2, 0.25) is 0 Å². The molecule has 0 spiro atoms. The molecule has 42 heavy (non-hydrogen) atoms. The fraction of sp³-hybridized carbons (Fsp3) is 0.500. The van der Waals surface area contributed by atoms with Crippen LogP contribution >= 0.6 is 0 Å². The lowest BCUT2D eigenvalue weighted by Crippen LogP contribution is -2.42. The van der Waals surface area contributed by atoms with Crippen molar-refractivity contribution >= 4 is 17.6 Å². The Morgan fingerprint density at radius 2 is 1.98 bits per heavy atom. The Morgan fingerprint density at radius 3 is 2.71 bits per heavy atom. The van der Waals surface area contributed by atoms with Crippen molar-refractivity contribution in [2.24, 2.45) is 7.05 Å². The number of ether oxygens (including phenoxy) is 1. The summed E-state index contributed by atoms with van der Waals surface area (Å²) in [6, 6.07) is 7.87. The van der Waals surface area contributed by atoms with E-state index < -0.39 is 6.10 Å². The van der Waals surface area contributed by atoms with Crippen molar-refractivity contribution in [3.63, 3.8) is 0 Å². The molecule has 224 valence electrons. The van der Waals surface area contributed by atoms with E-state index in [1.54, 1.807) is 19.2 Å². The minimum atomic E-state index is -0.719. The number of benzene rings is 1. The second kappa shape index (κ2) is 13.3. The molecule has 2 amide bonds. The number of carbonyl (C=O) groups is 2. The van der Waals surface area contributed by atoms with Gasteiger partial charge in [-0.05, 0) is 55.0 Å². The number of hydrogen-bond donors (Lipinski definition) is 3. The van der Waals surface area contributed by atoms with Crippen molar-refractivity contribution in [1.82, 2.24) is 34.9 Å². The number of carbonyl (C=O) groups excluding carboxylic acids is 2. The fourth-order valence-electron chi connectivity index (χ4n) is 5.66. The molecule has 1 fully saturated rings. The lowest BCUT2D eigenvalue weighted by Gasteiger charge is -2.32. The highest BCUT2D eigenvalue weighted by molar-refractivity contribution is 5.92. The van der Waals surface area contributed by atoms with Crippen LogP contribution in [-0.4, -0.2) is 91.3 Å². The highest BCUT2D eigenvalue weighted by atomic mass is 16.5. The van der Waals surface area contributed by atoms with E-state index in [1.807, 2.05) is 28.8 Å². The van der Waals surface area contributed by atoms with Gasteiger partial charge in [0.15, 0.2) is 0 Å². The molecule has 1 saturated heterocycles. The standard InChI is InChI=1S/C30H40N8O4/c1-20-26-9-11-37(16-22(26)4-5-28(20)42-18-24-6-10-34-36(24)3)17-25(40)15-31-30(41)27-14-29(33-19-32-27)35-23-7-12-38(13-8-23)21(2)39/h4-6,10,14,19,23,25,40H,7-9,11-13,15-18H2,1-3H3,(H,31,41)(H,32,33,35)/t25-/m0/s1. The first-order chi connectivity index (χ1) is 20.3. The number of hydrogen-bond acceptors (Lipinski definition) is 9. The number of nitrogens with one attached hydrogen (secondary N) is 2. The summed E-state index contributed by atoms with van der Waals surface area (Å²) in [7, 11) is 1.90. The lowest BCUT2D eigenvalue weighted by atomic mass is 9.94. The first kappa shape index (κ1) is 29.5. The molecule has 2 aliphatic heterocycles. The van der Waals surface area contributed by atoms with E-state index in [1.165, 1.54) is 17.5 Å². The van der Waals surface area contributed by atoms with Crippen LogP contribution in [0, 0.1) is 6.92 Å². The average molecular weight is 577 g/mol. The van der Waals surface area contributed by atoms with Gasteiger partial charge in [0.25, 0.3) is 5.91 Å². The zero-order valence-corrected chi connectivity index (χ0v) is 24.5. The topological polar surface area (TPSA) is 138 Å². The third-order valence-electron chi connectivity index (χ3n) is 8.17. The second-order valence-corrected chi connectivity index (χ2v) is 11.1. The monoisotopic (exact) mass is 576 g/mol. The van der Waals surface area contributed by atoms with E-state index in [4.69, 9.17) is 4.74 Å². The Morgan fingerprint density at radius 1 is 1.17 bits per heavy atom. The summed E-state index contributed by atoms with van der Waals surface area (Å²) in [6.07, 6.45) is 4.91. The fourth-order valence-corrected chi connectivity index (χ4v) is 5.66. The SMILES string of the molecule is CC(=O)N1CCC(Nc2cc(C(=O)NC[C@H](O)CN3CCc4c(ccc(OCc5ccnn5C)c4C)C3)ncn2)CC1. The second-order valence-electron chi connectivity index (χ2n) is 11.1. The predicted molar refractivity (Wildman–Crippen MR) is 157 cm³/mol. The molecule has 4 heterocycles. The number of amides is 2. The van der Waals surface area contributed by atoms with Gasteiger partial charge in [0.05, 0.1) is 11.8 Å². The lowest BCUT2D eigenvalue weighted by molar-refractivity contribution is -0.129. The van der Waals surface area contributed by atoms with Gasteiger partial charge in [0.2, 0.25) is 5.91 Å². The number of anilines is 1. The summed E-state index contributed by atoms with van der Waals surface area (Å²) in [5, 5.41) is 21.0. The number of piperidine rings is 1. The number of likely N-dealkylation sites (tertiary alicyclic amines) is 1. The van der Waals surface area contributed by atoms with Gasteiger partial charge in [-0.15, -0.1) is 0 Å². The molecule has 12 heteroatoms. The molecule has 12 nitrogen and oxygen atoms in total. The van der Waals surface area contributed by atoms with Gasteiger partial charge in [-0.2, -0.15) is 5.10 Å². The van der Waals surface area contributed by atoms with Crippen LogP contribution in [0.3, 0.4) is 0 Å². The minimum absolute atomic E-state index is 0.0916.